The van der Waals surface area contributed by atoms with Crippen LogP contribution >= 0.6 is 7.82 Å². The van der Waals surface area contributed by atoms with E-state index in [2.05, 4.69) is 38.2 Å². The van der Waals surface area contributed by atoms with Crippen molar-refractivity contribution in [3.05, 3.63) is 12.2 Å². The Morgan fingerprint density at radius 2 is 0.803 bits per heavy atom. The van der Waals surface area contributed by atoms with E-state index in [0.717, 1.165) is 70.6 Å². The first-order valence-electron chi connectivity index (χ1n) is 28.1. The van der Waals surface area contributed by atoms with Crippen molar-refractivity contribution in [2.75, 3.05) is 26.4 Å². The number of ether oxygens (including phenoxy) is 2. The van der Waals surface area contributed by atoms with Crippen LogP contribution in [-0.4, -0.2) is 55.2 Å². The van der Waals surface area contributed by atoms with Crippen LogP contribution in [0.4, 0.5) is 0 Å². The molecule has 66 heavy (non-hydrogen) atoms. The monoisotopic (exact) mass is 956 g/mol. The van der Waals surface area contributed by atoms with Crippen molar-refractivity contribution < 1.29 is 42.4 Å². The summed E-state index contributed by atoms with van der Waals surface area (Å²) in [7, 11) is -4.53. The van der Waals surface area contributed by atoms with Crippen LogP contribution in [0.25, 0.3) is 0 Å². The molecule has 390 valence electrons. The first-order valence-corrected chi connectivity index (χ1v) is 29.6. The van der Waals surface area contributed by atoms with Gasteiger partial charge in [-0.3, -0.25) is 23.4 Å². The molecule has 0 fully saturated rings. The highest BCUT2D eigenvalue weighted by Crippen LogP contribution is 2.43. The molecule has 0 saturated carbocycles. The van der Waals surface area contributed by atoms with Crippen molar-refractivity contribution in [2.24, 2.45) is 0 Å². The van der Waals surface area contributed by atoms with E-state index in [1.165, 1.54) is 173 Å². The summed E-state index contributed by atoms with van der Waals surface area (Å²) in [6, 6.07) is 0. The van der Waals surface area contributed by atoms with Crippen molar-refractivity contribution >= 4 is 25.7 Å². The van der Waals surface area contributed by atoms with Crippen LogP contribution < -0.4 is 5.32 Å². The van der Waals surface area contributed by atoms with Crippen molar-refractivity contribution in [3.63, 3.8) is 0 Å². The second kappa shape index (κ2) is 51.1. The molecule has 2 N–H and O–H groups in total. The minimum atomic E-state index is -4.53. The summed E-state index contributed by atoms with van der Waals surface area (Å²) in [6.07, 6.45) is 51.4. The third kappa shape index (κ3) is 50.1. The number of nitrogens with one attached hydrogen (secondary N) is 1. The smallest absolute Gasteiger partial charge is 0.462 e. The molecule has 0 spiro atoms. The summed E-state index contributed by atoms with van der Waals surface area (Å²) >= 11 is 0. The van der Waals surface area contributed by atoms with Crippen LogP contribution in [0, 0.1) is 0 Å². The molecule has 0 aromatic carbocycles. The van der Waals surface area contributed by atoms with Gasteiger partial charge < -0.3 is 19.7 Å². The number of amides is 1. The number of esters is 2. The number of phosphoric ester groups is 1. The van der Waals surface area contributed by atoms with Crippen LogP contribution in [0.3, 0.4) is 0 Å². The molecule has 0 aliphatic carbocycles. The number of carbonyl (C=O) groups is 3. The van der Waals surface area contributed by atoms with Gasteiger partial charge in [-0.05, 0) is 44.9 Å². The molecule has 0 aromatic heterocycles. The van der Waals surface area contributed by atoms with Gasteiger partial charge in [0.15, 0.2) is 6.10 Å². The fourth-order valence-electron chi connectivity index (χ4n) is 8.20. The van der Waals surface area contributed by atoms with E-state index >= 15 is 0 Å². The van der Waals surface area contributed by atoms with Crippen molar-refractivity contribution in [1.82, 2.24) is 5.32 Å². The Hall–Kier alpha value is -1.74. The summed E-state index contributed by atoms with van der Waals surface area (Å²) in [5.41, 5.74) is 0. The average molecular weight is 956 g/mol. The third-order valence-corrected chi connectivity index (χ3v) is 13.4. The van der Waals surface area contributed by atoms with Crippen LogP contribution in [0.2, 0.25) is 0 Å². The summed E-state index contributed by atoms with van der Waals surface area (Å²) in [6.45, 7) is 5.86. The lowest BCUT2D eigenvalue weighted by atomic mass is 10.0. The van der Waals surface area contributed by atoms with Gasteiger partial charge in [-0.15, -0.1) is 0 Å². The summed E-state index contributed by atoms with van der Waals surface area (Å²) < 4.78 is 34.1. The first kappa shape index (κ1) is 64.3. The normalized spacial score (nSPS) is 13.0. The van der Waals surface area contributed by atoms with Crippen LogP contribution in [0.15, 0.2) is 12.2 Å². The zero-order chi connectivity index (χ0) is 48.3. The van der Waals surface area contributed by atoms with Gasteiger partial charge in [-0.25, -0.2) is 4.57 Å². The number of rotatable bonds is 53. The summed E-state index contributed by atoms with van der Waals surface area (Å²) in [4.78, 5) is 48.1. The lowest BCUT2D eigenvalue weighted by Gasteiger charge is -2.20. The first-order chi connectivity index (χ1) is 32.2. The Kier molecular flexibility index (Phi) is 49.8. The quantitative estimate of drug-likeness (QED) is 0.0264. The Balaban J connectivity index is 4.50. The molecule has 0 saturated heterocycles. The highest BCUT2D eigenvalue weighted by molar-refractivity contribution is 7.47. The highest BCUT2D eigenvalue weighted by atomic mass is 31.2. The fourth-order valence-corrected chi connectivity index (χ4v) is 8.96. The van der Waals surface area contributed by atoms with Crippen LogP contribution in [0.1, 0.15) is 290 Å². The molecule has 0 bridgehead atoms. The summed E-state index contributed by atoms with van der Waals surface area (Å²) in [5.74, 6) is -0.975. The summed E-state index contributed by atoms with van der Waals surface area (Å²) in [5, 5.41) is 2.74. The van der Waals surface area contributed by atoms with E-state index in [0.29, 0.717) is 12.8 Å². The topological polar surface area (TPSA) is 137 Å². The molecule has 1 unspecified atom stereocenters. The van der Waals surface area contributed by atoms with Gasteiger partial charge in [-0.2, -0.15) is 0 Å². The number of unbranched alkanes of at least 4 members (excludes halogenated alkanes) is 35. The van der Waals surface area contributed by atoms with E-state index in [9.17, 15) is 23.8 Å². The van der Waals surface area contributed by atoms with E-state index in [-0.39, 0.29) is 38.5 Å². The van der Waals surface area contributed by atoms with Gasteiger partial charge in [0, 0.05) is 25.8 Å². The van der Waals surface area contributed by atoms with Gasteiger partial charge in [0.2, 0.25) is 5.91 Å². The molecule has 2 atom stereocenters. The second-order valence-electron chi connectivity index (χ2n) is 19.1. The van der Waals surface area contributed by atoms with Crippen LogP contribution in [-0.2, 0) is 37.5 Å². The fraction of sp³-hybridized carbons (Fsp3) is 0.909. The SMILES string of the molecule is CCCCCCCC/C=C\CCCCCCCC(=O)O[C@H](COC(=O)CCCCCCCCCCCCCCC)COP(=O)(O)OCCNC(=O)CCCCCCCCCCCCCCC. The molecule has 0 aliphatic rings. The van der Waals surface area contributed by atoms with Gasteiger partial charge in [0.05, 0.1) is 13.2 Å². The molecule has 0 rings (SSSR count). The van der Waals surface area contributed by atoms with Gasteiger partial charge in [0.1, 0.15) is 6.61 Å². The molecule has 1 amide bonds. The molecular weight excluding hydrogens is 850 g/mol. The van der Waals surface area contributed by atoms with Crippen molar-refractivity contribution in [1.29, 1.82) is 0 Å². The lowest BCUT2D eigenvalue weighted by molar-refractivity contribution is -0.161. The highest BCUT2D eigenvalue weighted by Gasteiger charge is 2.26. The lowest BCUT2D eigenvalue weighted by Crippen LogP contribution is -2.30. The number of carbonyl (C=O) groups excluding carboxylic acids is 3. The maximum absolute atomic E-state index is 12.8. The number of hydrogen-bond donors (Lipinski definition) is 2. The average Bonchev–Trinajstić information content (AvgIpc) is 3.30. The standard InChI is InChI=1S/C55H106NO9P/c1-4-7-10-13-16-19-22-25-26-29-32-35-38-41-44-47-55(59)65-52(50-62-54(58)46-43-40-37-34-31-28-24-21-18-15-12-9-6-3)51-64-66(60,61)63-49-48-56-53(57)45-42-39-36-33-30-27-23-20-17-14-11-8-5-2/h25-26,52H,4-24,27-51H2,1-3H3,(H,56,57)(H,60,61)/b26-25-/t52-/m1/s1. The Labute approximate surface area is 407 Å². The van der Waals surface area contributed by atoms with E-state index in [1.807, 2.05) is 0 Å². The molecular formula is C55H106NO9P. The van der Waals surface area contributed by atoms with Crippen LogP contribution in [0.5, 0.6) is 0 Å². The number of allylic oxidation sites excluding steroid dienone is 2. The minimum absolute atomic E-state index is 0.0658. The molecule has 0 heterocycles. The second-order valence-corrected chi connectivity index (χ2v) is 20.5. The number of phosphoric acid groups is 1. The molecule has 10 nitrogen and oxygen atoms in total. The largest absolute Gasteiger partial charge is 0.472 e. The molecule has 0 radical (unpaired) electrons. The van der Waals surface area contributed by atoms with Crippen molar-refractivity contribution in [2.45, 2.75) is 297 Å². The molecule has 0 aliphatic heterocycles. The van der Waals surface area contributed by atoms with E-state index < -0.39 is 32.5 Å². The van der Waals surface area contributed by atoms with Crippen molar-refractivity contribution in [3.8, 4) is 0 Å². The van der Waals surface area contributed by atoms with E-state index in [1.54, 1.807) is 0 Å². The molecule has 11 heteroatoms. The Bertz CT molecular complexity index is 1150. The Morgan fingerprint density at radius 1 is 0.455 bits per heavy atom. The predicted molar refractivity (Wildman–Crippen MR) is 276 cm³/mol. The number of hydrogen-bond acceptors (Lipinski definition) is 8. The predicted octanol–water partition coefficient (Wildman–Crippen LogP) is 16.7. The third-order valence-electron chi connectivity index (χ3n) is 12.5. The van der Waals surface area contributed by atoms with Gasteiger partial charge in [-0.1, -0.05) is 238 Å². The molecule has 0 aromatic rings. The zero-order valence-electron chi connectivity index (χ0n) is 43.4. The van der Waals surface area contributed by atoms with Gasteiger partial charge >= 0.3 is 19.8 Å². The maximum atomic E-state index is 12.8. The van der Waals surface area contributed by atoms with E-state index in [4.69, 9.17) is 18.5 Å². The maximum Gasteiger partial charge on any atom is 0.472 e. The zero-order valence-corrected chi connectivity index (χ0v) is 44.3. The minimum Gasteiger partial charge on any atom is -0.462 e. The Morgan fingerprint density at radius 3 is 1.21 bits per heavy atom. The van der Waals surface area contributed by atoms with Gasteiger partial charge in [0.25, 0.3) is 0 Å².